The fraction of sp³-hybridized carbons (Fsp3) is 0.100. The minimum absolute atomic E-state index is 0.0109. The smallest absolute Gasteiger partial charge is 0.266 e. The van der Waals surface area contributed by atoms with Crippen molar-refractivity contribution in [3.8, 4) is 11.3 Å². The van der Waals surface area contributed by atoms with Gasteiger partial charge in [-0.05, 0) is 25.2 Å². The Morgan fingerprint density at radius 1 is 1.29 bits per heavy atom. The van der Waals surface area contributed by atoms with Crippen LogP contribution < -0.4 is 5.32 Å². The quantitative estimate of drug-likeness (QED) is 0.312. The molecule has 0 atom stereocenters. The summed E-state index contributed by atoms with van der Waals surface area (Å²) in [6, 6.07) is 7.96. The van der Waals surface area contributed by atoms with Gasteiger partial charge in [0.2, 0.25) is 0 Å². The molecule has 1 aliphatic heterocycles. The number of carbonyl (C=O) groups is 2. The van der Waals surface area contributed by atoms with E-state index in [4.69, 9.17) is 17.2 Å². The molecule has 6 nitrogen and oxygen atoms in total. The van der Waals surface area contributed by atoms with Crippen LogP contribution in [0.5, 0.6) is 0 Å². The number of fused-ring (bicyclic) bond motifs is 1. The van der Waals surface area contributed by atoms with Crippen LogP contribution in [0.1, 0.15) is 11.3 Å². The molecule has 3 aromatic rings. The van der Waals surface area contributed by atoms with Crippen molar-refractivity contribution in [3.63, 3.8) is 0 Å². The van der Waals surface area contributed by atoms with E-state index in [2.05, 4.69) is 11.9 Å². The average Bonchev–Trinajstić information content (AvgIpc) is 3.25. The number of thiocarbonyl (C=S) groups is 1. The van der Waals surface area contributed by atoms with Gasteiger partial charge in [-0.3, -0.25) is 24.2 Å². The van der Waals surface area contributed by atoms with Crippen molar-refractivity contribution >= 4 is 51.5 Å². The molecule has 1 aromatic carbocycles. The summed E-state index contributed by atoms with van der Waals surface area (Å²) in [5, 5.41) is 4.56. The van der Waals surface area contributed by atoms with Gasteiger partial charge >= 0.3 is 0 Å². The van der Waals surface area contributed by atoms with E-state index < -0.39 is 11.8 Å². The van der Waals surface area contributed by atoms with Crippen LogP contribution in [0.15, 0.2) is 54.1 Å². The zero-order valence-corrected chi connectivity index (χ0v) is 16.6. The van der Waals surface area contributed by atoms with Gasteiger partial charge in [0.25, 0.3) is 11.8 Å². The molecule has 2 aromatic heterocycles. The third-order valence-corrected chi connectivity index (χ3v) is 5.48. The van der Waals surface area contributed by atoms with E-state index in [1.807, 2.05) is 47.2 Å². The van der Waals surface area contributed by atoms with Crippen LogP contribution in [-0.2, 0) is 9.59 Å². The van der Waals surface area contributed by atoms with Gasteiger partial charge in [0.1, 0.15) is 5.57 Å². The third-order valence-electron chi connectivity index (χ3n) is 4.40. The first-order valence-electron chi connectivity index (χ1n) is 8.52. The van der Waals surface area contributed by atoms with Gasteiger partial charge in [-0.15, -0.1) is 17.9 Å². The van der Waals surface area contributed by atoms with Crippen molar-refractivity contribution in [2.75, 3.05) is 6.54 Å². The second kappa shape index (κ2) is 7.14. The Hall–Kier alpha value is -3.10. The highest BCUT2D eigenvalue weighted by atomic mass is 32.1. The zero-order chi connectivity index (χ0) is 19.8. The predicted molar refractivity (Wildman–Crippen MR) is 114 cm³/mol. The van der Waals surface area contributed by atoms with Crippen LogP contribution in [0.2, 0.25) is 0 Å². The minimum atomic E-state index is -0.518. The lowest BCUT2D eigenvalue weighted by Crippen LogP contribution is -2.53. The summed E-state index contributed by atoms with van der Waals surface area (Å²) in [5.74, 6) is -0.968. The van der Waals surface area contributed by atoms with E-state index in [-0.39, 0.29) is 17.2 Å². The maximum absolute atomic E-state index is 12.9. The number of nitrogens with zero attached hydrogens (tertiary/aromatic N) is 3. The molecule has 0 aliphatic carbocycles. The predicted octanol–water partition coefficient (Wildman–Crippen LogP) is 3.18. The van der Waals surface area contributed by atoms with Gasteiger partial charge < -0.3 is 0 Å². The number of amides is 2. The normalized spacial score (nSPS) is 16.1. The van der Waals surface area contributed by atoms with Crippen LogP contribution in [0.4, 0.5) is 0 Å². The molecule has 1 saturated heterocycles. The number of hydrogen-bond donors (Lipinski definition) is 1. The zero-order valence-electron chi connectivity index (χ0n) is 15.0. The van der Waals surface area contributed by atoms with Crippen molar-refractivity contribution in [2.45, 2.75) is 6.92 Å². The van der Waals surface area contributed by atoms with Gasteiger partial charge in [-0.25, -0.2) is 4.98 Å². The maximum Gasteiger partial charge on any atom is 0.266 e. The van der Waals surface area contributed by atoms with Gasteiger partial charge in [0.15, 0.2) is 10.1 Å². The van der Waals surface area contributed by atoms with Crippen LogP contribution >= 0.6 is 23.6 Å². The minimum Gasteiger partial charge on any atom is -0.298 e. The van der Waals surface area contributed by atoms with E-state index >= 15 is 0 Å². The Labute approximate surface area is 170 Å². The molecule has 8 heteroatoms. The van der Waals surface area contributed by atoms with Crippen LogP contribution in [0, 0.1) is 6.92 Å². The maximum atomic E-state index is 12.9. The lowest BCUT2D eigenvalue weighted by molar-refractivity contribution is -0.128. The number of benzene rings is 1. The SMILES string of the molecule is C=CCN1C(=O)C(=Cc2c(-c3ccc(C)cc3)nc3sccn23)C(=O)NC1=S. The number of hydrogen-bond acceptors (Lipinski definition) is 5. The van der Waals surface area contributed by atoms with Crippen molar-refractivity contribution in [3.05, 3.63) is 65.3 Å². The first-order valence-corrected chi connectivity index (χ1v) is 9.80. The summed E-state index contributed by atoms with van der Waals surface area (Å²) < 4.78 is 1.87. The highest BCUT2D eigenvalue weighted by Crippen LogP contribution is 2.29. The highest BCUT2D eigenvalue weighted by Gasteiger charge is 2.33. The monoisotopic (exact) mass is 408 g/mol. The number of nitrogens with one attached hydrogen (secondary N) is 1. The summed E-state index contributed by atoms with van der Waals surface area (Å²) in [6.45, 7) is 5.88. The molecule has 4 rings (SSSR count). The molecule has 2 amide bonds. The largest absolute Gasteiger partial charge is 0.298 e. The van der Waals surface area contributed by atoms with E-state index in [0.29, 0.717) is 11.4 Å². The Morgan fingerprint density at radius 2 is 2.04 bits per heavy atom. The van der Waals surface area contributed by atoms with E-state index in [1.165, 1.54) is 16.2 Å². The first kappa shape index (κ1) is 18.3. The molecule has 0 spiro atoms. The molecule has 140 valence electrons. The molecule has 1 N–H and O–H groups in total. The lowest BCUT2D eigenvalue weighted by Gasteiger charge is -2.27. The second-order valence-corrected chi connectivity index (χ2v) is 7.55. The number of rotatable bonds is 4. The molecule has 3 heterocycles. The van der Waals surface area contributed by atoms with Gasteiger partial charge in [0.05, 0.1) is 11.4 Å². The Bertz CT molecular complexity index is 1150. The van der Waals surface area contributed by atoms with Crippen molar-refractivity contribution < 1.29 is 9.59 Å². The third kappa shape index (κ3) is 3.06. The first-order chi connectivity index (χ1) is 13.5. The molecular formula is C20H16N4O2S2. The van der Waals surface area contributed by atoms with Gasteiger partial charge in [-0.1, -0.05) is 35.9 Å². The number of aromatic nitrogens is 2. The van der Waals surface area contributed by atoms with Crippen molar-refractivity contribution in [2.24, 2.45) is 0 Å². The van der Waals surface area contributed by atoms with Gasteiger partial charge in [0, 0.05) is 23.7 Å². The second-order valence-electron chi connectivity index (χ2n) is 6.29. The Morgan fingerprint density at radius 3 is 2.75 bits per heavy atom. The topological polar surface area (TPSA) is 66.7 Å². The van der Waals surface area contributed by atoms with Crippen molar-refractivity contribution in [1.82, 2.24) is 19.6 Å². The summed E-state index contributed by atoms with van der Waals surface area (Å²) in [7, 11) is 0. The molecule has 0 bridgehead atoms. The molecular weight excluding hydrogens is 392 g/mol. The Kier molecular flexibility index (Phi) is 4.66. The lowest BCUT2D eigenvalue weighted by atomic mass is 10.1. The molecule has 1 fully saturated rings. The number of thiazole rings is 1. The highest BCUT2D eigenvalue weighted by molar-refractivity contribution is 7.80. The molecule has 0 unspecified atom stereocenters. The molecule has 0 radical (unpaired) electrons. The van der Waals surface area contributed by atoms with E-state index in [9.17, 15) is 9.59 Å². The van der Waals surface area contributed by atoms with Gasteiger partial charge in [-0.2, -0.15) is 0 Å². The van der Waals surface area contributed by atoms with Crippen LogP contribution in [0.3, 0.4) is 0 Å². The fourth-order valence-corrected chi connectivity index (χ4v) is 3.96. The molecule has 28 heavy (non-hydrogen) atoms. The number of aryl methyl sites for hydroxylation is 1. The average molecular weight is 409 g/mol. The fourth-order valence-electron chi connectivity index (χ4n) is 2.99. The standard InChI is InChI=1S/C20H16N4O2S2/c1-3-8-24-18(26)14(17(25)22-19(24)27)11-15-16(13-6-4-12(2)5-7-13)21-20-23(15)9-10-28-20/h3-7,9-11H,1,8H2,2H3,(H,22,25,27). The Balaban J connectivity index is 1.87. The van der Waals surface area contributed by atoms with Crippen LogP contribution in [0.25, 0.3) is 22.3 Å². The summed E-state index contributed by atoms with van der Waals surface area (Å²) in [6.07, 6.45) is 5.01. The summed E-state index contributed by atoms with van der Waals surface area (Å²) in [4.78, 5) is 32.1. The summed E-state index contributed by atoms with van der Waals surface area (Å²) >= 11 is 6.59. The number of carbonyl (C=O) groups excluding carboxylic acids is 2. The molecule has 1 aliphatic rings. The van der Waals surface area contributed by atoms with E-state index in [0.717, 1.165) is 16.1 Å². The number of imidazole rings is 1. The van der Waals surface area contributed by atoms with E-state index in [1.54, 1.807) is 12.2 Å². The summed E-state index contributed by atoms with van der Waals surface area (Å²) in [5.41, 5.74) is 3.45. The van der Waals surface area contributed by atoms with Crippen molar-refractivity contribution in [1.29, 1.82) is 0 Å². The molecule has 0 saturated carbocycles. The van der Waals surface area contributed by atoms with Crippen LogP contribution in [-0.4, -0.2) is 37.8 Å².